The number of hydrogen-bond donors (Lipinski definition) is 3. The molecule has 1 aliphatic heterocycles. The molecule has 0 bridgehead atoms. The number of imidazole rings is 1. The molecule has 0 saturated carbocycles. The maximum Gasteiger partial charge on any atom is 0.255 e. The van der Waals surface area contributed by atoms with Crippen molar-refractivity contribution in [3.63, 3.8) is 0 Å². The van der Waals surface area contributed by atoms with E-state index in [-0.39, 0.29) is 5.91 Å². The van der Waals surface area contributed by atoms with Crippen LogP contribution < -0.4 is 10.1 Å². The van der Waals surface area contributed by atoms with E-state index in [0.717, 1.165) is 30.7 Å². The minimum absolute atomic E-state index is 0.228. The highest BCUT2D eigenvalue weighted by Gasteiger charge is 2.19. The maximum atomic E-state index is 14.8. The van der Waals surface area contributed by atoms with Gasteiger partial charge in [0.15, 0.2) is 11.5 Å². The number of carbonyl (C=O) groups excluding carboxylic acids is 1. The number of hydrogen-bond acceptors (Lipinski definition) is 8. The summed E-state index contributed by atoms with van der Waals surface area (Å²) in [5.74, 6) is 0.318. The van der Waals surface area contributed by atoms with Crippen LogP contribution in [0.15, 0.2) is 91.5 Å². The Balaban J connectivity index is 1.08. The number of H-pyrrole nitrogens is 2. The molecule has 5 aromatic heterocycles. The number of nitrogens with one attached hydrogen (secondary N) is 3. The number of anilines is 1. The fraction of sp³-hybridized carbons (Fsp3) is 0.167. The van der Waals surface area contributed by atoms with Crippen LogP contribution in [0.1, 0.15) is 23.2 Å². The Labute approximate surface area is 274 Å². The highest BCUT2D eigenvalue weighted by atomic mass is 19.1. The van der Waals surface area contributed by atoms with Gasteiger partial charge in [-0.2, -0.15) is 5.10 Å². The summed E-state index contributed by atoms with van der Waals surface area (Å²) in [6.45, 7) is 3.45. The molecule has 1 saturated heterocycles. The van der Waals surface area contributed by atoms with Crippen molar-refractivity contribution in [3.05, 3.63) is 103 Å². The summed E-state index contributed by atoms with van der Waals surface area (Å²) >= 11 is 0. The molecule has 0 atom stereocenters. The summed E-state index contributed by atoms with van der Waals surface area (Å²) in [4.78, 5) is 36.9. The molecule has 238 valence electrons. The topological polar surface area (TPSA) is 138 Å². The minimum atomic E-state index is -0.398. The number of likely N-dealkylation sites (tertiary alicyclic amines) is 1. The van der Waals surface area contributed by atoms with E-state index in [1.54, 1.807) is 36.9 Å². The average molecular weight is 640 g/mol. The average Bonchev–Trinajstić information content (AvgIpc) is 3.88. The van der Waals surface area contributed by atoms with Gasteiger partial charge in [-0.3, -0.25) is 24.8 Å². The number of benzene rings is 2. The van der Waals surface area contributed by atoms with Crippen molar-refractivity contribution in [2.75, 3.05) is 31.6 Å². The number of aromatic amines is 2. The lowest BCUT2D eigenvalue weighted by Crippen LogP contribution is -2.25. The van der Waals surface area contributed by atoms with Crippen LogP contribution in [0.5, 0.6) is 5.75 Å². The molecule has 8 rings (SSSR count). The first kappa shape index (κ1) is 29.4. The summed E-state index contributed by atoms with van der Waals surface area (Å²) in [6.07, 6.45) is 9.05. The molecular weight excluding hydrogens is 609 g/mol. The van der Waals surface area contributed by atoms with Crippen molar-refractivity contribution in [3.8, 4) is 39.7 Å². The molecule has 0 unspecified atom stereocenters. The zero-order valence-electron chi connectivity index (χ0n) is 25.8. The van der Waals surface area contributed by atoms with E-state index in [9.17, 15) is 9.18 Å². The van der Waals surface area contributed by atoms with E-state index >= 15 is 0 Å². The lowest BCUT2D eigenvalue weighted by atomic mass is 10.1. The highest BCUT2D eigenvalue weighted by molar-refractivity contribution is 6.04. The van der Waals surface area contributed by atoms with Crippen LogP contribution in [0.3, 0.4) is 0 Å². The summed E-state index contributed by atoms with van der Waals surface area (Å²) < 4.78 is 20.8. The molecule has 1 amide bonds. The Kier molecular flexibility index (Phi) is 7.75. The van der Waals surface area contributed by atoms with Crippen LogP contribution in [0.25, 0.3) is 56.0 Å². The SMILES string of the molecule is O=C(Nc1cncc(-c2ccc3[nH]nc(-c4nc5c(-c6cc(F)cc(OCCN7CCCC7)c6)cncc5[nH]4)c3n2)c1)c1ccccc1. The Bertz CT molecular complexity index is 2260. The van der Waals surface area contributed by atoms with Crippen LogP contribution in [0, 0.1) is 5.82 Å². The molecule has 0 aliphatic carbocycles. The van der Waals surface area contributed by atoms with Crippen LogP contribution >= 0.6 is 0 Å². The normalized spacial score (nSPS) is 13.4. The molecule has 12 heteroatoms. The molecule has 48 heavy (non-hydrogen) atoms. The summed E-state index contributed by atoms with van der Waals surface area (Å²) in [5, 5.41) is 10.5. The zero-order chi connectivity index (χ0) is 32.5. The molecule has 1 fully saturated rings. The standard InChI is InChI=1S/C36H30FN9O2/c37-25-14-23(16-27(17-25)48-13-12-46-10-4-5-11-46)28-20-39-21-31-32(28)43-35(42-31)34-33-30(44-45-34)9-8-29(41-33)24-15-26(19-38-18-24)40-36(47)22-6-2-1-3-7-22/h1-3,6-9,14-21H,4-5,10-13H2,(H,40,47)(H,42,43)(H,44,45). The van der Waals surface area contributed by atoms with Gasteiger partial charge in [-0.1, -0.05) is 18.2 Å². The predicted molar refractivity (Wildman–Crippen MR) is 181 cm³/mol. The Morgan fingerprint density at radius 1 is 0.875 bits per heavy atom. The fourth-order valence-corrected chi connectivity index (χ4v) is 6.02. The molecule has 3 N–H and O–H groups in total. The first-order valence-corrected chi connectivity index (χ1v) is 15.7. The Morgan fingerprint density at radius 2 is 1.73 bits per heavy atom. The first-order valence-electron chi connectivity index (χ1n) is 15.7. The van der Waals surface area contributed by atoms with Gasteiger partial charge in [-0.05, 0) is 74.0 Å². The van der Waals surface area contributed by atoms with Gasteiger partial charge in [0, 0.05) is 41.7 Å². The maximum absolute atomic E-state index is 14.8. The number of nitrogens with zero attached hydrogens (tertiary/aromatic N) is 6. The van der Waals surface area contributed by atoms with Gasteiger partial charge in [0.1, 0.15) is 23.7 Å². The molecular formula is C36H30FN9O2. The third kappa shape index (κ3) is 5.96. The van der Waals surface area contributed by atoms with Gasteiger partial charge < -0.3 is 15.0 Å². The second-order valence-corrected chi connectivity index (χ2v) is 11.7. The lowest BCUT2D eigenvalue weighted by molar-refractivity contribution is 0.102. The van der Waals surface area contributed by atoms with Gasteiger partial charge in [0.05, 0.1) is 40.3 Å². The molecule has 6 heterocycles. The van der Waals surface area contributed by atoms with Crippen molar-refractivity contribution >= 4 is 33.7 Å². The third-order valence-corrected chi connectivity index (χ3v) is 8.41. The van der Waals surface area contributed by atoms with Crippen molar-refractivity contribution in [1.82, 2.24) is 40.0 Å². The van der Waals surface area contributed by atoms with Crippen molar-refractivity contribution in [1.29, 1.82) is 0 Å². The summed E-state index contributed by atoms with van der Waals surface area (Å²) in [6, 6.07) is 19.2. The molecule has 2 aromatic carbocycles. The van der Waals surface area contributed by atoms with Gasteiger partial charge in [-0.25, -0.2) is 14.4 Å². The van der Waals surface area contributed by atoms with E-state index in [0.29, 0.717) is 68.5 Å². The first-order chi connectivity index (χ1) is 23.6. The third-order valence-electron chi connectivity index (χ3n) is 8.41. The minimum Gasteiger partial charge on any atom is -0.492 e. The number of fused-ring (bicyclic) bond motifs is 2. The molecule has 0 radical (unpaired) electrons. The predicted octanol–water partition coefficient (Wildman–Crippen LogP) is 6.49. The van der Waals surface area contributed by atoms with Crippen molar-refractivity contribution in [2.45, 2.75) is 12.8 Å². The quantitative estimate of drug-likeness (QED) is 0.163. The number of rotatable bonds is 9. The molecule has 7 aromatic rings. The summed E-state index contributed by atoms with van der Waals surface area (Å²) in [7, 11) is 0. The lowest BCUT2D eigenvalue weighted by Gasteiger charge is -2.15. The Morgan fingerprint density at radius 3 is 2.60 bits per heavy atom. The summed E-state index contributed by atoms with van der Waals surface area (Å²) in [5.41, 5.74) is 6.84. The van der Waals surface area contributed by atoms with Gasteiger partial charge in [-0.15, -0.1) is 0 Å². The number of amides is 1. The number of aromatic nitrogens is 7. The molecule has 11 nitrogen and oxygen atoms in total. The number of halogens is 1. The van der Waals surface area contributed by atoms with Crippen LogP contribution in [-0.2, 0) is 0 Å². The smallest absolute Gasteiger partial charge is 0.255 e. The molecule has 0 spiro atoms. The van der Waals surface area contributed by atoms with E-state index in [1.165, 1.54) is 25.0 Å². The van der Waals surface area contributed by atoms with Crippen LogP contribution in [-0.4, -0.2) is 72.2 Å². The van der Waals surface area contributed by atoms with E-state index < -0.39 is 5.82 Å². The van der Waals surface area contributed by atoms with E-state index in [4.69, 9.17) is 14.7 Å². The van der Waals surface area contributed by atoms with Crippen molar-refractivity contribution in [2.24, 2.45) is 0 Å². The largest absolute Gasteiger partial charge is 0.492 e. The van der Waals surface area contributed by atoms with Crippen LogP contribution in [0.2, 0.25) is 0 Å². The van der Waals surface area contributed by atoms with Gasteiger partial charge >= 0.3 is 0 Å². The van der Waals surface area contributed by atoms with Gasteiger partial charge in [0.2, 0.25) is 0 Å². The number of carbonyl (C=O) groups is 1. The highest BCUT2D eigenvalue weighted by Crippen LogP contribution is 2.33. The number of pyridine rings is 3. The Hall–Kier alpha value is -6.01. The zero-order valence-corrected chi connectivity index (χ0v) is 25.8. The second kappa shape index (κ2) is 12.6. The number of ether oxygens (including phenoxy) is 1. The van der Waals surface area contributed by atoms with E-state index in [2.05, 4.69) is 35.4 Å². The fourth-order valence-electron chi connectivity index (χ4n) is 6.02. The van der Waals surface area contributed by atoms with Crippen LogP contribution in [0.4, 0.5) is 10.1 Å². The second-order valence-electron chi connectivity index (χ2n) is 11.7. The molecule has 1 aliphatic rings. The van der Waals surface area contributed by atoms with E-state index in [1.807, 2.05) is 42.5 Å². The van der Waals surface area contributed by atoms with Gasteiger partial charge in [0.25, 0.3) is 5.91 Å². The monoisotopic (exact) mass is 639 g/mol. The van der Waals surface area contributed by atoms with Crippen molar-refractivity contribution < 1.29 is 13.9 Å².